The number of nitrogens with two attached hydrogens (primary N) is 1. The van der Waals surface area contributed by atoms with Gasteiger partial charge in [0.05, 0.1) is 19.3 Å². The highest BCUT2D eigenvalue weighted by atomic mass is 35.5. The fourth-order valence-corrected chi connectivity index (χ4v) is 3.58. The number of hydrogen-bond acceptors (Lipinski definition) is 6. The molecule has 1 fully saturated rings. The minimum absolute atomic E-state index is 0. The predicted octanol–water partition coefficient (Wildman–Crippen LogP) is 1.96. The Balaban J connectivity index is 0.00000264. The Morgan fingerprint density at radius 3 is 3.00 bits per heavy atom. The van der Waals surface area contributed by atoms with E-state index in [1.54, 1.807) is 11.4 Å². The van der Waals surface area contributed by atoms with Crippen molar-refractivity contribution >= 4 is 41.3 Å². The predicted molar refractivity (Wildman–Crippen MR) is 94.4 cm³/mol. The van der Waals surface area contributed by atoms with Gasteiger partial charge in [0.25, 0.3) is 0 Å². The van der Waals surface area contributed by atoms with Crippen molar-refractivity contribution in [1.82, 2.24) is 4.90 Å². The second-order valence-corrected chi connectivity index (χ2v) is 6.44. The Hall–Kier alpha value is -1.15. The molecule has 130 valence electrons. The molecule has 0 spiro atoms. The van der Waals surface area contributed by atoms with E-state index in [9.17, 15) is 9.59 Å². The van der Waals surface area contributed by atoms with E-state index in [2.05, 4.69) is 10.2 Å². The van der Waals surface area contributed by atoms with Crippen LogP contribution in [0.15, 0.2) is 11.4 Å². The number of amides is 1. The van der Waals surface area contributed by atoms with Crippen molar-refractivity contribution in [2.45, 2.75) is 19.3 Å². The van der Waals surface area contributed by atoms with Gasteiger partial charge >= 0.3 is 5.97 Å². The van der Waals surface area contributed by atoms with E-state index in [1.807, 2.05) is 0 Å². The number of carbonyl (C=O) groups is 2. The van der Waals surface area contributed by atoms with E-state index < -0.39 is 5.97 Å². The van der Waals surface area contributed by atoms with Gasteiger partial charge in [0.15, 0.2) is 0 Å². The molecule has 1 aliphatic rings. The summed E-state index contributed by atoms with van der Waals surface area (Å²) in [5.74, 6) is 0.0570. The molecule has 3 N–H and O–H groups in total. The molecule has 2 heterocycles. The minimum atomic E-state index is -0.425. The third kappa shape index (κ3) is 5.76. The summed E-state index contributed by atoms with van der Waals surface area (Å²) < 4.78 is 4.71. The summed E-state index contributed by atoms with van der Waals surface area (Å²) in [6.45, 7) is 2.89. The van der Waals surface area contributed by atoms with Gasteiger partial charge in [0.2, 0.25) is 5.91 Å². The quantitative estimate of drug-likeness (QED) is 0.756. The van der Waals surface area contributed by atoms with E-state index in [0.29, 0.717) is 29.6 Å². The summed E-state index contributed by atoms with van der Waals surface area (Å²) in [5.41, 5.74) is 6.14. The van der Waals surface area contributed by atoms with Gasteiger partial charge < -0.3 is 15.8 Å². The SMILES string of the molecule is COC(=O)c1sccc1NC(=O)CN1CCCC(CCN)C1.Cl. The summed E-state index contributed by atoms with van der Waals surface area (Å²) >= 11 is 1.26. The van der Waals surface area contributed by atoms with Crippen LogP contribution in [0.4, 0.5) is 5.69 Å². The Kier molecular flexibility index (Phi) is 8.54. The first-order chi connectivity index (χ1) is 10.6. The molecular weight excluding hydrogens is 338 g/mol. The van der Waals surface area contributed by atoms with Gasteiger partial charge in [-0.2, -0.15) is 0 Å². The van der Waals surface area contributed by atoms with Gasteiger partial charge in [-0.3, -0.25) is 9.69 Å². The maximum Gasteiger partial charge on any atom is 0.350 e. The Bertz CT molecular complexity index is 522. The Labute approximate surface area is 146 Å². The summed E-state index contributed by atoms with van der Waals surface area (Å²) in [6.07, 6.45) is 3.30. The second-order valence-electron chi connectivity index (χ2n) is 5.52. The third-order valence-electron chi connectivity index (χ3n) is 3.86. The first-order valence-corrected chi connectivity index (χ1v) is 8.40. The number of nitrogens with one attached hydrogen (secondary N) is 1. The number of rotatable bonds is 6. The number of methoxy groups -OCH3 is 1. The van der Waals surface area contributed by atoms with Crippen molar-refractivity contribution in [3.8, 4) is 0 Å². The average Bonchev–Trinajstić information content (AvgIpc) is 2.95. The number of likely N-dealkylation sites (tertiary alicyclic amines) is 1. The molecule has 1 aliphatic heterocycles. The van der Waals surface area contributed by atoms with Crippen molar-refractivity contribution in [1.29, 1.82) is 0 Å². The van der Waals surface area contributed by atoms with Crippen LogP contribution >= 0.6 is 23.7 Å². The molecule has 0 radical (unpaired) electrons. The number of hydrogen-bond donors (Lipinski definition) is 2. The number of piperidine rings is 1. The van der Waals surface area contributed by atoms with Crippen LogP contribution in [0.25, 0.3) is 0 Å². The van der Waals surface area contributed by atoms with Crippen molar-refractivity contribution in [2.24, 2.45) is 11.7 Å². The molecule has 6 nitrogen and oxygen atoms in total. The number of ether oxygens (including phenoxy) is 1. The molecule has 23 heavy (non-hydrogen) atoms. The third-order valence-corrected chi connectivity index (χ3v) is 4.75. The van der Waals surface area contributed by atoms with Gasteiger partial charge in [0, 0.05) is 6.54 Å². The summed E-state index contributed by atoms with van der Waals surface area (Å²) in [5, 5.41) is 4.57. The monoisotopic (exact) mass is 361 g/mol. The van der Waals surface area contributed by atoms with E-state index in [-0.39, 0.29) is 18.3 Å². The lowest BCUT2D eigenvalue weighted by atomic mass is 9.95. The van der Waals surface area contributed by atoms with Crippen molar-refractivity contribution in [3.63, 3.8) is 0 Å². The molecule has 8 heteroatoms. The molecule has 1 unspecified atom stereocenters. The summed E-state index contributed by atoms with van der Waals surface area (Å²) in [6, 6.07) is 1.72. The molecule has 0 aliphatic carbocycles. The van der Waals surface area contributed by atoms with Gasteiger partial charge in [-0.05, 0) is 49.7 Å². The van der Waals surface area contributed by atoms with E-state index in [4.69, 9.17) is 10.5 Å². The molecule has 0 saturated carbocycles. The van der Waals surface area contributed by atoms with Crippen LogP contribution in [0.1, 0.15) is 28.9 Å². The zero-order chi connectivity index (χ0) is 15.9. The standard InChI is InChI=1S/C15H23N3O3S.ClH/c1-21-15(20)14-12(5-8-22-14)17-13(19)10-18-7-2-3-11(9-18)4-6-16;/h5,8,11H,2-4,6-7,9-10,16H2,1H3,(H,17,19);1H. The van der Waals surface area contributed by atoms with E-state index in [0.717, 1.165) is 25.9 Å². The lowest BCUT2D eigenvalue weighted by Crippen LogP contribution is -2.41. The normalized spacial score (nSPS) is 18.1. The first-order valence-electron chi connectivity index (χ1n) is 7.52. The lowest BCUT2D eigenvalue weighted by Gasteiger charge is -2.32. The summed E-state index contributed by atoms with van der Waals surface area (Å²) in [4.78, 5) is 26.4. The van der Waals surface area contributed by atoms with Gasteiger partial charge in [-0.1, -0.05) is 0 Å². The second kappa shape index (κ2) is 9.87. The van der Waals surface area contributed by atoms with Gasteiger partial charge in [0.1, 0.15) is 4.88 Å². The van der Waals surface area contributed by atoms with Crippen LogP contribution in [0.5, 0.6) is 0 Å². The summed E-state index contributed by atoms with van der Waals surface area (Å²) in [7, 11) is 1.33. The highest BCUT2D eigenvalue weighted by Gasteiger charge is 2.22. The zero-order valence-corrected chi connectivity index (χ0v) is 14.9. The average molecular weight is 362 g/mol. The van der Waals surface area contributed by atoms with Crippen molar-refractivity contribution < 1.29 is 14.3 Å². The maximum absolute atomic E-state index is 12.2. The lowest BCUT2D eigenvalue weighted by molar-refractivity contribution is -0.117. The van der Waals surface area contributed by atoms with Crippen LogP contribution in [-0.2, 0) is 9.53 Å². The number of thiophene rings is 1. The molecule has 1 saturated heterocycles. The smallest absolute Gasteiger partial charge is 0.350 e. The zero-order valence-electron chi connectivity index (χ0n) is 13.2. The Morgan fingerprint density at radius 2 is 2.30 bits per heavy atom. The minimum Gasteiger partial charge on any atom is -0.465 e. The van der Waals surface area contributed by atoms with Crippen LogP contribution in [0.3, 0.4) is 0 Å². The highest BCUT2D eigenvalue weighted by molar-refractivity contribution is 7.12. The largest absolute Gasteiger partial charge is 0.465 e. The highest BCUT2D eigenvalue weighted by Crippen LogP contribution is 2.23. The maximum atomic E-state index is 12.2. The number of halogens is 1. The fourth-order valence-electron chi connectivity index (χ4n) is 2.82. The van der Waals surface area contributed by atoms with Crippen LogP contribution in [-0.4, -0.2) is 50.1 Å². The molecule has 0 aromatic carbocycles. The van der Waals surface area contributed by atoms with Crippen LogP contribution in [0, 0.1) is 5.92 Å². The molecule has 1 aromatic heterocycles. The first kappa shape index (κ1) is 19.9. The Morgan fingerprint density at radius 1 is 1.52 bits per heavy atom. The van der Waals surface area contributed by atoms with Crippen LogP contribution < -0.4 is 11.1 Å². The molecule has 0 bridgehead atoms. The number of esters is 1. The number of nitrogens with zero attached hydrogens (tertiary/aromatic N) is 1. The fraction of sp³-hybridized carbons (Fsp3) is 0.600. The molecular formula is C15H24ClN3O3S. The van der Waals surface area contributed by atoms with Crippen molar-refractivity contribution in [3.05, 3.63) is 16.3 Å². The molecule has 1 atom stereocenters. The molecule has 2 rings (SSSR count). The number of anilines is 1. The van der Waals surface area contributed by atoms with Crippen LogP contribution in [0.2, 0.25) is 0 Å². The molecule has 1 aromatic rings. The molecule has 1 amide bonds. The van der Waals surface area contributed by atoms with Gasteiger partial charge in [-0.25, -0.2) is 4.79 Å². The van der Waals surface area contributed by atoms with E-state index in [1.165, 1.54) is 24.9 Å². The van der Waals surface area contributed by atoms with Gasteiger partial charge in [-0.15, -0.1) is 23.7 Å². The number of carbonyl (C=O) groups excluding carboxylic acids is 2. The van der Waals surface area contributed by atoms with E-state index >= 15 is 0 Å². The topological polar surface area (TPSA) is 84.7 Å². The van der Waals surface area contributed by atoms with Crippen molar-refractivity contribution in [2.75, 3.05) is 38.6 Å².